The highest BCUT2D eigenvalue weighted by Gasteiger charge is 2.44. The van der Waals surface area contributed by atoms with E-state index >= 15 is 0 Å². The first-order valence-corrected chi connectivity index (χ1v) is 5.54. The van der Waals surface area contributed by atoms with E-state index in [0.717, 1.165) is 6.29 Å². The topological polar surface area (TPSA) is 72.8 Å². The third kappa shape index (κ3) is 1.98. The number of carboxylic acids is 1. The summed E-state index contributed by atoms with van der Waals surface area (Å²) in [4.78, 5) is 22.0. The van der Waals surface area contributed by atoms with Crippen LogP contribution >= 0.6 is 0 Å². The molecule has 1 unspecified atom stereocenters. The van der Waals surface area contributed by atoms with Crippen LogP contribution in [0.4, 0.5) is 0 Å². The fourth-order valence-electron chi connectivity index (χ4n) is 2.40. The van der Waals surface area contributed by atoms with Gasteiger partial charge in [0.15, 0.2) is 0 Å². The van der Waals surface area contributed by atoms with E-state index in [2.05, 4.69) is 0 Å². The van der Waals surface area contributed by atoms with Gasteiger partial charge in [0.05, 0.1) is 17.8 Å². The smallest absolute Gasteiger partial charge is 0.335 e. The molecule has 1 aliphatic carbocycles. The Morgan fingerprint density at radius 1 is 1.71 bits per heavy atom. The Hall–Kier alpha value is -1.62. The van der Waals surface area contributed by atoms with Crippen LogP contribution in [0.2, 0.25) is 0 Å². The summed E-state index contributed by atoms with van der Waals surface area (Å²) in [6.45, 7) is 2.28. The lowest BCUT2D eigenvalue weighted by atomic mass is 9.84. The average molecular weight is 238 g/mol. The SMILES string of the molecule is CCOC1OC=C(C(=O)O)[C@H]2CC=C(C=O)[C@@H]12. The van der Waals surface area contributed by atoms with Crippen LogP contribution < -0.4 is 0 Å². The molecule has 0 radical (unpaired) electrons. The maximum atomic E-state index is 11.1. The Kier molecular flexibility index (Phi) is 3.28. The van der Waals surface area contributed by atoms with Crippen molar-refractivity contribution in [1.29, 1.82) is 0 Å². The maximum Gasteiger partial charge on any atom is 0.335 e. The van der Waals surface area contributed by atoms with E-state index in [4.69, 9.17) is 14.6 Å². The lowest BCUT2D eigenvalue weighted by Gasteiger charge is -2.33. The van der Waals surface area contributed by atoms with Crippen molar-refractivity contribution in [1.82, 2.24) is 0 Å². The highest BCUT2D eigenvalue weighted by Crippen LogP contribution is 2.42. The molecule has 0 aromatic heterocycles. The molecule has 0 spiro atoms. The van der Waals surface area contributed by atoms with Crippen molar-refractivity contribution in [2.24, 2.45) is 11.8 Å². The molecule has 3 atom stereocenters. The van der Waals surface area contributed by atoms with E-state index in [-0.39, 0.29) is 17.4 Å². The van der Waals surface area contributed by atoms with Crippen LogP contribution in [-0.2, 0) is 19.1 Å². The molecule has 92 valence electrons. The first kappa shape index (κ1) is 11.9. The van der Waals surface area contributed by atoms with Crippen molar-refractivity contribution in [2.75, 3.05) is 6.61 Å². The predicted molar refractivity (Wildman–Crippen MR) is 58.0 cm³/mol. The van der Waals surface area contributed by atoms with Gasteiger partial charge < -0.3 is 14.6 Å². The minimum Gasteiger partial charge on any atom is -0.478 e. The molecule has 5 nitrogen and oxygen atoms in total. The first-order chi connectivity index (χ1) is 8.19. The Balaban J connectivity index is 2.29. The number of hydrogen-bond donors (Lipinski definition) is 1. The largest absolute Gasteiger partial charge is 0.478 e. The second kappa shape index (κ2) is 4.71. The normalized spacial score (nSPS) is 31.0. The molecule has 0 aromatic rings. The molecular weight excluding hydrogens is 224 g/mol. The van der Waals surface area contributed by atoms with Crippen molar-refractivity contribution in [3.05, 3.63) is 23.5 Å². The molecule has 0 amide bonds. The third-order valence-corrected chi connectivity index (χ3v) is 3.16. The van der Waals surface area contributed by atoms with Gasteiger partial charge in [-0.15, -0.1) is 0 Å². The van der Waals surface area contributed by atoms with E-state index < -0.39 is 12.3 Å². The lowest BCUT2D eigenvalue weighted by molar-refractivity contribution is -0.152. The van der Waals surface area contributed by atoms with Crippen molar-refractivity contribution in [3.8, 4) is 0 Å². The highest BCUT2D eigenvalue weighted by atomic mass is 16.7. The zero-order valence-electron chi connectivity index (χ0n) is 9.46. The van der Waals surface area contributed by atoms with Crippen LogP contribution in [0.5, 0.6) is 0 Å². The molecule has 0 aromatic carbocycles. The van der Waals surface area contributed by atoms with Crippen molar-refractivity contribution >= 4 is 12.3 Å². The van der Waals surface area contributed by atoms with E-state index in [1.165, 1.54) is 6.26 Å². The molecule has 1 N–H and O–H groups in total. The van der Waals surface area contributed by atoms with Crippen LogP contribution in [0.3, 0.4) is 0 Å². The van der Waals surface area contributed by atoms with Gasteiger partial charge in [-0.1, -0.05) is 6.08 Å². The Morgan fingerprint density at radius 2 is 2.47 bits per heavy atom. The number of fused-ring (bicyclic) bond motifs is 1. The number of carbonyl (C=O) groups excluding carboxylic acids is 1. The fourth-order valence-corrected chi connectivity index (χ4v) is 2.40. The zero-order valence-corrected chi connectivity index (χ0v) is 9.46. The number of aldehydes is 1. The highest BCUT2D eigenvalue weighted by molar-refractivity contribution is 5.88. The van der Waals surface area contributed by atoms with Gasteiger partial charge in [-0.05, 0) is 18.9 Å². The lowest BCUT2D eigenvalue weighted by Crippen LogP contribution is -2.36. The van der Waals surface area contributed by atoms with Gasteiger partial charge in [-0.3, -0.25) is 4.79 Å². The van der Waals surface area contributed by atoms with Gasteiger partial charge in [0.25, 0.3) is 0 Å². The summed E-state index contributed by atoms with van der Waals surface area (Å²) in [5.41, 5.74) is 0.777. The second-order valence-corrected chi connectivity index (χ2v) is 4.03. The van der Waals surface area contributed by atoms with Crippen molar-refractivity contribution in [3.63, 3.8) is 0 Å². The molecule has 1 aliphatic heterocycles. The Morgan fingerprint density at radius 3 is 3.06 bits per heavy atom. The van der Waals surface area contributed by atoms with Crippen LogP contribution in [0.15, 0.2) is 23.5 Å². The molecular formula is C12H14O5. The summed E-state index contributed by atoms with van der Waals surface area (Å²) in [6, 6.07) is 0. The number of rotatable bonds is 4. The molecule has 0 saturated carbocycles. The third-order valence-electron chi connectivity index (χ3n) is 3.16. The van der Waals surface area contributed by atoms with Gasteiger partial charge in [0, 0.05) is 12.5 Å². The van der Waals surface area contributed by atoms with Crippen molar-refractivity contribution in [2.45, 2.75) is 19.6 Å². The minimum absolute atomic E-state index is 0.207. The molecule has 0 bridgehead atoms. The monoisotopic (exact) mass is 238 g/mol. The van der Waals surface area contributed by atoms with Gasteiger partial charge in [0.1, 0.15) is 6.29 Å². The minimum atomic E-state index is -1.00. The molecule has 0 saturated heterocycles. The number of ether oxygens (including phenoxy) is 2. The van der Waals surface area contributed by atoms with Crippen LogP contribution in [0.1, 0.15) is 13.3 Å². The van der Waals surface area contributed by atoms with Crippen LogP contribution in [0.25, 0.3) is 0 Å². The zero-order chi connectivity index (χ0) is 12.4. The van der Waals surface area contributed by atoms with Gasteiger partial charge >= 0.3 is 5.97 Å². The van der Waals surface area contributed by atoms with E-state index in [1.807, 2.05) is 6.92 Å². The summed E-state index contributed by atoms with van der Waals surface area (Å²) in [5.74, 6) is -1.53. The average Bonchev–Trinajstić information content (AvgIpc) is 2.73. The summed E-state index contributed by atoms with van der Waals surface area (Å²) in [7, 11) is 0. The fraction of sp³-hybridized carbons (Fsp3) is 0.500. The predicted octanol–water partition coefficient (Wildman–Crippen LogP) is 1.11. The summed E-state index contributed by atoms with van der Waals surface area (Å²) >= 11 is 0. The number of aliphatic carboxylic acids is 1. The number of carbonyl (C=O) groups is 2. The second-order valence-electron chi connectivity index (χ2n) is 4.03. The van der Waals surface area contributed by atoms with E-state index in [9.17, 15) is 9.59 Å². The molecule has 5 heteroatoms. The molecule has 17 heavy (non-hydrogen) atoms. The van der Waals surface area contributed by atoms with Gasteiger partial charge in [-0.25, -0.2) is 4.79 Å². The number of allylic oxidation sites excluding steroid dienone is 1. The van der Waals surface area contributed by atoms with Gasteiger partial charge in [0.2, 0.25) is 6.29 Å². The number of carboxylic acid groups (broad SMARTS) is 1. The van der Waals surface area contributed by atoms with Crippen molar-refractivity contribution < 1.29 is 24.2 Å². The summed E-state index contributed by atoms with van der Waals surface area (Å²) < 4.78 is 10.7. The molecule has 2 aliphatic rings. The maximum absolute atomic E-state index is 11.1. The quantitative estimate of drug-likeness (QED) is 0.743. The van der Waals surface area contributed by atoms with E-state index in [1.54, 1.807) is 6.08 Å². The van der Waals surface area contributed by atoms with E-state index in [0.29, 0.717) is 18.6 Å². The Bertz CT molecular complexity index is 396. The molecule has 1 heterocycles. The first-order valence-electron chi connectivity index (χ1n) is 5.54. The van der Waals surface area contributed by atoms with Crippen LogP contribution in [0, 0.1) is 11.8 Å². The molecule has 0 fully saturated rings. The molecule has 2 rings (SSSR count). The Labute approximate surface area is 98.7 Å². The number of hydrogen-bond acceptors (Lipinski definition) is 4. The summed E-state index contributed by atoms with van der Waals surface area (Å²) in [6.07, 6.45) is 3.74. The summed E-state index contributed by atoms with van der Waals surface area (Å²) in [5, 5.41) is 9.06. The van der Waals surface area contributed by atoms with Crippen LogP contribution in [-0.4, -0.2) is 30.3 Å². The standard InChI is InChI=1S/C12H14O5/c1-2-16-12-10-7(5-13)3-4-8(10)9(6-17-12)11(14)15/h3,5-6,8,10,12H,2,4H2,1H3,(H,14,15)/t8-,10-,12?/m1/s1. The van der Waals surface area contributed by atoms with Gasteiger partial charge in [-0.2, -0.15) is 0 Å².